The highest BCUT2D eigenvalue weighted by Gasteiger charge is 2.24. The van der Waals surface area contributed by atoms with Crippen molar-refractivity contribution in [2.45, 2.75) is 18.9 Å². The number of H-pyrrole nitrogens is 1. The highest BCUT2D eigenvalue weighted by atomic mass is 16.5. The van der Waals surface area contributed by atoms with E-state index in [2.05, 4.69) is 15.5 Å². The van der Waals surface area contributed by atoms with Crippen molar-refractivity contribution in [2.24, 2.45) is 0 Å². The minimum atomic E-state index is -0.385. The predicted octanol–water partition coefficient (Wildman–Crippen LogP) is 2.46. The normalized spacial score (nSPS) is 14.3. The van der Waals surface area contributed by atoms with Crippen molar-refractivity contribution >= 4 is 17.5 Å². The van der Waals surface area contributed by atoms with E-state index in [1.807, 2.05) is 48.5 Å². The molecule has 0 aliphatic carbocycles. The third-order valence-corrected chi connectivity index (χ3v) is 5.30. The van der Waals surface area contributed by atoms with Gasteiger partial charge >= 0.3 is 0 Å². The number of nitrogens with two attached hydrogens (primary N) is 1. The number of nitrogens with one attached hydrogen (secondary N) is 2. The third kappa shape index (κ3) is 5.03. The topological polar surface area (TPSA) is 113 Å². The van der Waals surface area contributed by atoms with Gasteiger partial charge in [0.2, 0.25) is 5.91 Å². The number of aromatic nitrogens is 2. The number of para-hydroxylation sites is 2. The lowest BCUT2D eigenvalue weighted by molar-refractivity contribution is -0.131. The number of nitrogen functional groups attached to an aromatic ring is 1. The molecule has 0 spiro atoms. The quantitative estimate of drug-likeness (QED) is 0.531. The van der Waals surface area contributed by atoms with E-state index in [0.29, 0.717) is 37.4 Å². The fourth-order valence-electron chi connectivity index (χ4n) is 3.55. The van der Waals surface area contributed by atoms with Crippen LogP contribution in [0.25, 0.3) is 11.3 Å². The second kappa shape index (κ2) is 9.34. The molecule has 31 heavy (non-hydrogen) atoms. The summed E-state index contributed by atoms with van der Waals surface area (Å²) in [6.07, 6.45) is 1.45. The van der Waals surface area contributed by atoms with Gasteiger partial charge < -0.3 is 20.7 Å². The third-order valence-electron chi connectivity index (χ3n) is 5.30. The van der Waals surface area contributed by atoms with E-state index < -0.39 is 0 Å². The van der Waals surface area contributed by atoms with E-state index in [-0.39, 0.29) is 30.2 Å². The summed E-state index contributed by atoms with van der Waals surface area (Å²) in [7, 11) is 0. The molecule has 2 aromatic carbocycles. The van der Waals surface area contributed by atoms with Gasteiger partial charge in [0.05, 0.1) is 17.9 Å². The fourth-order valence-corrected chi connectivity index (χ4v) is 3.55. The summed E-state index contributed by atoms with van der Waals surface area (Å²) in [5, 5.41) is 9.56. The number of amides is 2. The number of piperidine rings is 1. The summed E-state index contributed by atoms with van der Waals surface area (Å²) >= 11 is 0. The number of anilines is 1. The Morgan fingerprint density at radius 1 is 1.10 bits per heavy atom. The number of carbonyl (C=O) groups is 2. The number of aromatic amines is 1. The average molecular weight is 419 g/mol. The molecule has 0 bridgehead atoms. The molecule has 0 saturated carbocycles. The monoisotopic (exact) mass is 419 g/mol. The molecule has 0 unspecified atom stereocenters. The molecule has 1 aromatic heterocycles. The number of nitrogens with zero attached hydrogens (tertiary/aromatic N) is 2. The van der Waals surface area contributed by atoms with Gasteiger partial charge in [-0.15, -0.1) is 0 Å². The van der Waals surface area contributed by atoms with Crippen LogP contribution in [0.1, 0.15) is 23.3 Å². The molecule has 1 saturated heterocycles. The molecular formula is C23H25N5O3. The summed E-state index contributed by atoms with van der Waals surface area (Å²) in [6, 6.07) is 18.7. The van der Waals surface area contributed by atoms with Crippen LogP contribution in [-0.2, 0) is 4.79 Å². The number of hydrogen-bond donors (Lipinski definition) is 3. The van der Waals surface area contributed by atoms with Gasteiger partial charge in [0.25, 0.3) is 5.91 Å². The maximum atomic E-state index is 12.5. The molecule has 0 radical (unpaired) electrons. The van der Waals surface area contributed by atoms with Crippen LogP contribution in [0, 0.1) is 0 Å². The number of carbonyl (C=O) groups excluding carboxylic acids is 2. The molecule has 2 heterocycles. The van der Waals surface area contributed by atoms with E-state index in [1.54, 1.807) is 17.0 Å². The van der Waals surface area contributed by atoms with Gasteiger partial charge in [-0.3, -0.25) is 14.7 Å². The molecule has 8 heteroatoms. The second-order valence-electron chi connectivity index (χ2n) is 7.45. The van der Waals surface area contributed by atoms with Gasteiger partial charge in [-0.2, -0.15) is 5.10 Å². The first-order chi connectivity index (χ1) is 15.1. The zero-order valence-electron chi connectivity index (χ0n) is 17.1. The standard InChI is InChI=1S/C23H25N5O3/c24-18-8-4-5-9-21(18)31-17-10-12-28(13-11-17)22(29)15-25-23(30)20-14-19(26-27-20)16-6-2-1-3-7-16/h1-9,14,17H,10-13,15,24H2,(H,25,30)(H,26,27). The largest absolute Gasteiger partial charge is 0.488 e. The highest BCUT2D eigenvalue weighted by Crippen LogP contribution is 2.24. The van der Waals surface area contributed by atoms with Crippen LogP contribution in [0.15, 0.2) is 60.7 Å². The first-order valence-corrected chi connectivity index (χ1v) is 10.3. The SMILES string of the molecule is Nc1ccccc1OC1CCN(C(=O)CNC(=O)c2cc(-c3ccccc3)[nH]n2)CC1. The number of benzene rings is 2. The van der Waals surface area contributed by atoms with Crippen LogP contribution in [0.2, 0.25) is 0 Å². The summed E-state index contributed by atoms with van der Waals surface area (Å²) in [5.41, 5.74) is 8.47. The Labute approximate surface area is 180 Å². The minimum Gasteiger partial charge on any atom is -0.488 e. The lowest BCUT2D eigenvalue weighted by atomic mass is 10.1. The predicted molar refractivity (Wildman–Crippen MR) is 117 cm³/mol. The van der Waals surface area contributed by atoms with Crippen LogP contribution in [0.3, 0.4) is 0 Å². The van der Waals surface area contributed by atoms with Crippen molar-refractivity contribution in [2.75, 3.05) is 25.4 Å². The Bertz CT molecular complexity index is 1040. The maximum absolute atomic E-state index is 12.5. The Morgan fingerprint density at radius 3 is 2.55 bits per heavy atom. The van der Waals surface area contributed by atoms with Gasteiger partial charge in [-0.25, -0.2) is 0 Å². The molecule has 4 N–H and O–H groups in total. The molecule has 4 rings (SSSR count). The van der Waals surface area contributed by atoms with Crippen molar-refractivity contribution in [3.8, 4) is 17.0 Å². The van der Waals surface area contributed by atoms with Crippen LogP contribution in [0.5, 0.6) is 5.75 Å². The van der Waals surface area contributed by atoms with Crippen LogP contribution >= 0.6 is 0 Å². The van der Waals surface area contributed by atoms with E-state index >= 15 is 0 Å². The molecule has 1 fully saturated rings. The van der Waals surface area contributed by atoms with Gasteiger partial charge in [0.15, 0.2) is 5.69 Å². The van der Waals surface area contributed by atoms with E-state index in [4.69, 9.17) is 10.5 Å². The van der Waals surface area contributed by atoms with Gasteiger partial charge in [0.1, 0.15) is 11.9 Å². The molecule has 2 amide bonds. The zero-order chi connectivity index (χ0) is 21.6. The fraction of sp³-hybridized carbons (Fsp3) is 0.261. The molecule has 1 aliphatic heterocycles. The first kappa shape index (κ1) is 20.5. The van der Waals surface area contributed by atoms with Crippen molar-refractivity contribution in [3.63, 3.8) is 0 Å². The smallest absolute Gasteiger partial charge is 0.272 e. The van der Waals surface area contributed by atoms with Crippen molar-refractivity contribution in [3.05, 3.63) is 66.4 Å². The Balaban J connectivity index is 1.24. The zero-order valence-corrected chi connectivity index (χ0v) is 17.1. The van der Waals surface area contributed by atoms with E-state index in [0.717, 1.165) is 11.3 Å². The molecule has 8 nitrogen and oxygen atoms in total. The Hall–Kier alpha value is -3.81. The molecule has 0 atom stereocenters. The van der Waals surface area contributed by atoms with Crippen LogP contribution < -0.4 is 15.8 Å². The summed E-state index contributed by atoms with van der Waals surface area (Å²) in [6.45, 7) is 1.09. The summed E-state index contributed by atoms with van der Waals surface area (Å²) in [4.78, 5) is 26.6. The number of likely N-dealkylation sites (tertiary alicyclic amines) is 1. The Kier molecular flexibility index (Phi) is 6.16. The highest BCUT2D eigenvalue weighted by molar-refractivity contribution is 5.95. The molecular weight excluding hydrogens is 394 g/mol. The minimum absolute atomic E-state index is 0.0174. The van der Waals surface area contributed by atoms with Crippen molar-refractivity contribution in [1.82, 2.24) is 20.4 Å². The molecule has 160 valence electrons. The summed E-state index contributed by atoms with van der Waals surface area (Å²) < 4.78 is 5.96. The van der Waals surface area contributed by atoms with Gasteiger partial charge in [0, 0.05) is 25.9 Å². The van der Waals surface area contributed by atoms with Crippen molar-refractivity contribution in [1.29, 1.82) is 0 Å². The lowest BCUT2D eigenvalue weighted by Gasteiger charge is -2.32. The average Bonchev–Trinajstić information content (AvgIpc) is 3.30. The number of rotatable bonds is 6. The summed E-state index contributed by atoms with van der Waals surface area (Å²) in [5.74, 6) is 0.169. The first-order valence-electron chi connectivity index (χ1n) is 10.3. The van der Waals surface area contributed by atoms with E-state index in [1.165, 1.54) is 0 Å². The maximum Gasteiger partial charge on any atom is 0.272 e. The van der Waals surface area contributed by atoms with E-state index in [9.17, 15) is 9.59 Å². The van der Waals surface area contributed by atoms with Gasteiger partial charge in [-0.05, 0) is 23.8 Å². The van der Waals surface area contributed by atoms with Crippen LogP contribution in [0.4, 0.5) is 5.69 Å². The van der Waals surface area contributed by atoms with Crippen molar-refractivity contribution < 1.29 is 14.3 Å². The van der Waals surface area contributed by atoms with Gasteiger partial charge in [-0.1, -0.05) is 42.5 Å². The second-order valence-corrected chi connectivity index (χ2v) is 7.45. The molecule has 1 aliphatic rings. The van der Waals surface area contributed by atoms with Crippen LogP contribution in [-0.4, -0.2) is 52.6 Å². The molecule has 3 aromatic rings. The number of hydrogen-bond acceptors (Lipinski definition) is 5. The lowest BCUT2D eigenvalue weighted by Crippen LogP contribution is -2.46. The Morgan fingerprint density at radius 2 is 1.81 bits per heavy atom. The number of ether oxygens (including phenoxy) is 1.